The lowest BCUT2D eigenvalue weighted by Gasteiger charge is -2.13. The van der Waals surface area contributed by atoms with Gasteiger partial charge >= 0.3 is 0 Å². The number of ether oxygens (including phenoxy) is 1. The van der Waals surface area contributed by atoms with Crippen LogP contribution in [-0.2, 0) is 6.54 Å². The third-order valence-electron chi connectivity index (χ3n) is 5.76. The lowest BCUT2D eigenvalue weighted by Crippen LogP contribution is -2.23. The van der Waals surface area contributed by atoms with Crippen LogP contribution in [0.3, 0.4) is 0 Å². The number of pyridine rings is 1. The van der Waals surface area contributed by atoms with E-state index in [0.29, 0.717) is 29.1 Å². The summed E-state index contributed by atoms with van der Waals surface area (Å²) >= 11 is 0. The zero-order chi connectivity index (χ0) is 24.9. The molecular formula is C26H26N6O3. The Balaban J connectivity index is 1.56. The van der Waals surface area contributed by atoms with Crippen LogP contribution in [-0.4, -0.2) is 33.7 Å². The van der Waals surface area contributed by atoms with E-state index in [-0.39, 0.29) is 23.3 Å². The molecule has 35 heavy (non-hydrogen) atoms. The Labute approximate surface area is 202 Å². The Morgan fingerprint density at radius 3 is 2.49 bits per heavy atom. The van der Waals surface area contributed by atoms with Gasteiger partial charge in [0, 0.05) is 24.5 Å². The van der Waals surface area contributed by atoms with Gasteiger partial charge in [-0.1, -0.05) is 42.5 Å². The molecular weight excluding hydrogens is 444 g/mol. The number of rotatable bonds is 8. The molecule has 0 radical (unpaired) electrons. The number of nitrogens with zero attached hydrogens (tertiary/aromatic N) is 3. The number of hydrogen-bond acceptors (Lipinski definition) is 6. The van der Waals surface area contributed by atoms with E-state index in [1.807, 2.05) is 43.3 Å². The van der Waals surface area contributed by atoms with E-state index in [4.69, 9.17) is 16.2 Å². The average molecular weight is 471 g/mol. The Hall–Kier alpha value is -4.66. The maximum absolute atomic E-state index is 12.6. The number of carbonyl (C=O) groups excluding carboxylic acids is 2. The van der Waals surface area contributed by atoms with Gasteiger partial charge in [-0.05, 0) is 36.2 Å². The second-order valence-electron chi connectivity index (χ2n) is 7.96. The Bertz CT molecular complexity index is 1350. The molecule has 9 heteroatoms. The smallest absolute Gasteiger partial charge is 0.255 e. The van der Waals surface area contributed by atoms with Crippen molar-refractivity contribution in [1.29, 1.82) is 0 Å². The SMILES string of the molecule is COc1ccccc1C(=O)NCc1ccc(-c2nn(C(C)c3cccnc3)c(N)c2C(N)=O)cc1. The molecule has 0 aliphatic rings. The largest absolute Gasteiger partial charge is 0.496 e. The lowest BCUT2D eigenvalue weighted by molar-refractivity contribution is 0.0946. The number of nitrogen functional groups attached to an aromatic ring is 1. The minimum absolute atomic E-state index is 0.165. The molecule has 4 aromatic rings. The number of amides is 2. The third-order valence-corrected chi connectivity index (χ3v) is 5.76. The van der Waals surface area contributed by atoms with Gasteiger partial charge in [0.05, 0.1) is 18.7 Å². The van der Waals surface area contributed by atoms with Crippen molar-refractivity contribution in [2.24, 2.45) is 5.73 Å². The molecule has 9 nitrogen and oxygen atoms in total. The fraction of sp³-hybridized carbons (Fsp3) is 0.154. The van der Waals surface area contributed by atoms with Gasteiger partial charge in [0.15, 0.2) is 0 Å². The molecule has 2 amide bonds. The standard InChI is InChI=1S/C26H26N6O3/c1-16(19-6-5-13-29-15-19)32-24(27)22(25(28)33)23(31-32)18-11-9-17(10-12-18)14-30-26(34)20-7-3-4-8-21(20)35-2/h3-13,15-16H,14,27H2,1-2H3,(H2,28,33)(H,30,34). The lowest BCUT2D eigenvalue weighted by atomic mass is 10.0. The highest BCUT2D eigenvalue weighted by molar-refractivity contribution is 6.03. The molecule has 2 aromatic heterocycles. The first-order valence-electron chi connectivity index (χ1n) is 11.0. The normalized spacial score (nSPS) is 11.6. The number of nitrogens with two attached hydrogens (primary N) is 2. The summed E-state index contributed by atoms with van der Waals surface area (Å²) in [7, 11) is 1.52. The zero-order valence-corrected chi connectivity index (χ0v) is 19.4. The molecule has 0 aliphatic heterocycles. The first-order chi connectivity index (χ1) is 16.9. The highest BCUT2D eigenvalue weighted by Crippen LogP contribution is 2.31. The maximum Gasteiger partial charge on any atom is 0.255 e. The van der Waals surface area contributed by atoms with Crippen LogP contribution in [0.2, 0.25) is 0 Å². The van der Waals surface area contributed by atoms with E-state index in [1.54, 1.807) is 41.3 Å². The van der Waals surface area contributed by atoms with E-state index < -0.39 is 5.91 Å². The van der Waals surface area contributed by atoms with Gasteiger partial charge in [0.25, 0.3) is 11.8 Å². The van der Waals surface area contributed by atoms with Crippen LogP contribution in [0.4, 0.5) is 5.82 Å². The average Bonchev–Trinajstić information content (AvgIpc) is 3.24. The predicted molar refractivity (Wildman–Crippen MR) is 133 cm³/mol. The second-order valence-corrected chi connectivity index (χ2v) is 7.96. The summed E-state index contributed by atoms with van der Waals surface area (Å²) in [5.41, 5.74) is 15.4. The van der Waals surface area contributed by atoms with E-state index in [1.165, 1.54) is 7.11 Å². The van der Waals surface area contributed by atoms with Gasteiger partial charge in [0.1, 0.15) is 22.8 Å². The first-order valence-corrected chi connectivity index (χ1v) is 11.0. The quantitative estimate of drug-likeness (QED) is 0.362. The molecule has 4 rings (SSSR count). The van der Waals surface area contributed by atoms with Crippen molar-refractivity contribution in [3.8, 4) is 17.0 Å². The summed E-state index contributed by atoms with van der Waals surface area (Å²) in [6.07, 6.45) is 3.41. The summed E-state index contributed by atoms with van der Waals surface area (Å²) < 4.78 is 6.83. The molecule has 0 saturated heterocycles. The number of methoxy groups -OCH3 is 1. The summed E-state index contributed by atoms with van der Waals surface area (Å²) in [6.45, 7) is 2.23. The fourth-order valence-corrected chi connectivity index (χ4v) is 3.84. The van der Waals surface area contributed by atoms with Crippen molar-refractivity contribution in [3.63, 3.8) is 0 Å². The first kappa shape index (κ1) is 23.5. The van der Waals surface area contributed by atoms with E-state index in [9.17, 15) is 9.59 Å². The third kappa shape index (κ3) is 4.84. The molecule has 0 bridgehead atoms. The monoisotopic (exact) mass is 470 g/mol. The number of nitrogens with one attached hydrogen (secondary N) is 1. The van der Waals surface area contributed by atoms with Crippen LogP contribution >= 0.6 is 0 Å². The molecule has 0 aliphatic carbocycles. The highest BCUT2D eigenvalue weighted by atomic mass is 16.5. The van der Waals surface area contributed by atoms with Crippen molar-refractivity contribution in [3.05, 3.63) is 95.3 Å². The van der Waals surface area contributed by atoms with Crippen molar-refractivity contribution < 1.29 is 14.3 Å². The number of carbonyl (C=O) groups is 2. The number of para-hydroxylation sites is 1. The summed E-state index contributed by atoms with van der Waals surface area (Å²) in [5.74, 6) is -0.196. The Morgan fingerprint density at radius 2 is 1.83 bits per heavy atom. The maximum atomic E-state index is 12.6. The van der Waals surface area contributed by atoms with Gasteiger partial charge in [-0.25, -0.2) is 4.68 Å². The topological polar surface area (TPSA) is 138 Å². The summed E-state index contributed by atoms with van der Waals surface area (Å²) in [4.78, 5) is 28.9. The number of hydrogen-bond donors (Lipinski definition) is 3. The molecule has 2 aromatic carbocycles. The number of aromatic nitrogens is 3. The van der Waals surface area contributed by atoms with E-state index in [2.05, 4.69) is 15.4 Å². The molecule has 1 unspecified atom stereocenters. The Morgan fingerprint density at radius 1 is 1.09 bits per heavy atom. The molecule has 5 N–H and O–H groups in total. The van der Waals surface area contributed by atoms with Crippen molar-refractivity contribution in [1.82, 2.24) is 20.1 Å². The molecule has 0 spiro atoms. The Kier molecular flexibility index (Phi) is 6.77. The van der Waals surface area contributed by atoms with Crippen LogP contribution < -0.4 is 21.5 Å². The predicted octanol–water partition coefficient (Wildman–Crippen LogP) is 3.17. The molecule has 0 fully saturated rings. The number of benzene rings is 2. The van der Waals surface area contributed by atoms with E-state index in [0.717, 1.165) is 11.1 Å². The van der Waals surface area contributed by atoms with Crippen LogP contribution in [0, 0.1) is 0 Å². The van der Waals surface area contributed by atoms with Crippen molar-refractivity contribution in [2.75, 3.05) is 12.8 Å². The molecule has 1 atom stereocenters. The van der Waals surface area contributed by atoms with Crippen LogP contribution in [0.5, 0.6) is 5.75 Å². The van der Waals surface area contributed by atoms with Crippen molar-refractivity contribution in [2.45, 2.75) is 19.5 Å². The van der Waals surface area contributed by atoms with Crippen LogP contribution in [0.15, 0.2) is 73.1 Å². The molecule has 2 heterocycles. The number of anilines is 1. The van der Waals surface area contributed by atoms with Gasteiger partial charge in [-0.15, -0.1) is 0 Å². The summed E-state index contributed by atoms with van der Waals surface area (Å²) in [6, 6.07) is 17.8. The van der Waals surface area contributed by atoms with Gasteiger partial charge in [0.2, 0.25) is 0 Å². The van der Waals surface area contributed by atoms with Gasteiger partial charge in [-0.3, -0.25) is 14.6 Å². The second kappa shape index (κ2) is 10.1. The minimum Gasteiger partial charge on any atom is -0.496 e. The van der Waals surface area contributed by atoms with Crippen LogP contribution in [0.1, 0.15) is 44.8 Å². The van der Waals surface area contributed by atoms with E-state index >= 15 is 0 Å². The minimum atomic E-state index is -0.657. The number of primary amides is 1. The van der Waals surface area contributed by atoms with Gasteiger partial charge in [-0.2, -0.15) is 5.10 Å². The molecule has 0 saturated carbocycles. The van der Waals surface area contributed by atoms with Gasteiger partial charge < -0.3 is 21.5 Å². The summed E-state index contributed by atoms with van der Waals surface area (Å²) in [5, 5.41) is 7.51. The molecule has 178 valence electrons. The highest BCUT2D eigenvalue weighted by Gasteiger charge is 2.24. The fourth-order valence-electron chi connectivity index (χ4n) is 3.84. The van der Waals surface area contributed by atoms with Crippen LogP contribution in [0.25, 0.3) is 11.3 Å². The van der Waals surface area contributed by atoms with Crippen molar-refractivity contribution >= 4 is 17.6 Å². The zero-order valence-electron chi connectivity index (χ0n) is 19.4.